The van der Waals surface area contributed by atoms with Crippen molar-refractivity contribution in [1.82, 2.24) is 9.88 Å². The standard InChI is InChI=1S/C9H14N2S.C2H6/c1-11(2)7-8-12-9-3-5-10-6-4-9;1-2/h3-6H,7-8H2,1-2H3;1-2H3. The lowest BCUT2D eigenvalue weighted by molar-refractivity contribution is 0.437. The molecule has 0 aliphatic rings. The Balaban J connectivity index is 0.000000791. The predicted octanol–water partition coefficient (Wildman–Crippen LogP) is 2.76. The maximum Gasteiger partial charge on any atom is 0.0278 e. The van der Waals surface area contributed by atoms with E-state index < -0.39 is 0 Å². The predicted molar refractivity (Wildman–Crippen MR) is 64.9 cm³/mol. The zero-order chi connectivity index (χ0) is 10.8. The lowest BCUT2D eigenvalue weighted by Crippen LogP contribution is -2.14. The fourth-order valence-electron chi connectivity index (χ4n) is 0.781. The van der Waals surface area contributed by atoms with Crippen molar-refractivity contribution in [2.75, 3.05) is 26.4 Å². The molecule has 0 aliphatic carbocycles. The zero-order valence-electron chi connectivity index (χ0n) is 9.53. The Hall–Kier alpha value is -0.540. The summed E-state index contributed by atoms with van der Waals surface area (Å²) in [4.78, 5) is 7.45. The van der Waals surface area contributed by atoms with Gasteiger partial charge in [-0.25, -0.2) is 0 Å². The van der Waals surface area contributed by atoms with Gasteiger partial charge >= 0.3 is 0 Å². The monoisotopic (exact) mass is 212 g/mol. The van der Waals surface area contributed by atoms with Gasteiger partial charge in [-0.3, -0.25) is 4.98 Å². The summed E-state index contributed by atoms with van der Waals surface area (Å²) in [6.07, 6.45) is 3.66. The van der Waals surface area contributed by atoms with Crippen molar-refractivity contribution in [3.8, 4) is 0 Å². The second kappa shape index (κ2) is 9.03. The minimum absolute atomic E-state index is 1.12. The Morgan fingerprint density at radius 3 is 2.29 bits per heavy atom. The number of hydrogen-bond donors (Lipinski definition) is 0. The smallest absolute Gasteiger partial charge is 0.0278 e. The molecular weight excluding hydrogens is 192 g/mol. The first-order valence-electron chi connectivity index (χ1n) is 4.96. The van der Waals surface area contributed by atoms with E-state index in [1.165, 1.54) is 4.90 Å². The molecule has 0 N–H and O–H groups in total. The Labute approximate surface area is 91.7 Å². The fourth-order valence-corrected chi connectivity index (χ4v) is 1.79. The Kier molecular flexibility index (Phi) is 8.68. The molecule has 0 saturated heterocycles. The van der Waals surface area contributed by atoms with E-state index in [4.69, 9.17) is 0 Å². The van der Waals surface area contributed by atoms with Crippen molar-refractivity contribution >= 4 is 11.8 Å². The number of rotatable bonds is 4. The molecule has 1 aromatic rings. The highest BCUT2D eigenvalue weighted by atomic mass is 32.2. The van der Waals surface area contributed by atoms with Crippen molar-refractivity contribution in [2.45, 2.75) is 18.7 Å². The molecule has 2 nitrogen and oxygen atoms in total. The molecule has 0 spiro atoms. The summed E-state index contributed by atoms with van der Waals surface area (Å²) < 4.78 is 0. The van der Waals surface area contributed by atoms with Crippen LogP contribution >= 0.6 is 11.8 Å². The zero-order valence-corrected chi connectivity index (χ0v) is 10.3. The van der Waals surface area contributed by atoms with Crippen molar-refractivity contribution in [3.63, 3.8) is 0 Å². The first-order valence-corrected chi connectivity index (χ1v) is 5.95. The van der Waals surface area contributed by atoms with Gasteiger partial charge in [0.25, 0.3) is 0 Å². The molecule has 80 valence electrons. The van der Waals surface area contributed by atoms with E-state index in [2.05, 4.69) is 24.0 Å². The molecular formula is C11H20N2S. The Morgan fingerprint density at radius 1 is 1.21 bits per heavy atom. The molecule has 0 unspecified atom stereocenters. The summed E-state index contributed by atoms with van der Waals surface area (Å²) in [5.74, 6) is 1.14. The van der Waals surface area contributed by atoms with E-state index >= 15 is 0 Å². The van der Waals surface area contributed by atoms with Crippen LogP contribution in [0.2, 0.25) is 0 Å². The lowest BCUT2D eigenvalue weighted by Gasteiger charge is -2.07. The molecule has 0 aliphatic heterocycles. The van der Waals surface area contributed by atoms with Gasteiger partial charge in [0.05, 0.1) is 0 Å². The largest absolute Gasteiger partial charge is 0.309 e. The molecule has 1 rings (SSSR count). The highest BCUT2D eigenvalue weighted by Crippen LogP contribution is 2.15. The number of aromatic nitrogens is 1. The lowest BCUT2D eigenvalue weighted by atomic mass is 10.5. The summed E-state index contributed by atoms with van der Waals surface area (Å²) in [6.45, 7) is 5.12. The second-order valence-corrected chi connectivity index (χ2v) is 4.00. The van der Waals surface area contributed by atoms with Crippen LogP contribution in [-0.2, 0) is 0 Å². The van der Waals surface area contributed by atoms with Crippen molar-refractivity contribution < 1.29 is 0 Å². The van der Waals surface area contributed by atoms with E-state index in [1.807, 2.05) is 50.1 Å². The van der Waals surface area contributed by atoms with Gasteiger partial charge in [-0.1, -0.05) is 13.8 Å². The maximum absolute atomic E-state index is 3.96. The van der Waals surface area contributed by atoms with Crippen LogP contribution in [0.1, 0.15) is 13.8 Å². The van der Waals surface area contributed by atoms with Crippen LogP contribution in [0.15, 0.2) is 29.4 Å². The normalized spacial score (nSPS) is 9.50. The SMILES string of the molecule is CC.CN(C)CCSc1ccncc1. The summed E-state index contributed by atoms with van der Waals surface area (Å²) in [6, 6.07) is 4.08. The molecule has 0 saturated carbocycles. The highest BCUT2D eigenvalue weighted by molar-refractivity contribution is 7.99. The van der Waals surface area contributed by atoms with Crippen molar-refractivity contribution in [2.24, 2.45) is 0 Å². The molecule has 0 bridgehead atoms. The van der Waals surface area contributed by atoms with E-state index in [-0.39, 0.29) is 0 Å². The third-order valence-corrected chi connectivity index (χ3v) is 2.45. The number of hydrogen-bond acceptors (Lipinski definition) is 3. The third-order valence-electron chi connectivity index (χ3n) is 1.46. The first-order chi connectivity index (χ1) is 6.79. The minimum Gasteiger partial charge on any atom is -0.309 e. The van der Waals surface area contributed by atoms with Crippen LogP contribution in [0.4, 0.5) is 0 Å². The van der Waals surface area contributed by atoms with Gasteiger partial charge in [-0.15, -0.1) is 11.8 Å². The van der Waals surface area contributed by atoms with Crippen LogP contribution in [0.5, 0.6) is 0 Å². The minimum atomic E-state index is 1.12. The molecule has 3 heteroatoms. The van der Waals surface area contributed by atoms with Crippen molar-refractivity contribution in [3.05, 3.63) is 24.5 Å². The molecule has 0 aromatic carbocycles. The van der Waals surface area contributed by atoms with Crippen molar-refractivity contribution in [1.29, 1.82) is 0 Å². The topological polar surface area (TPSA) is 16.1 Å². The average Bonchev–Trinajstić information content (AvgIpc) is 2.22. The molecule has 1 aromatic heterocycles. The number of nitrogens with zero attached hydrogens (tertiary/aromatic N) is 2. The number of thioether (sulfide) groups is 1. The molecule has 0 radical (unpaired) electrons. The third kappa shape index (κ3) is 6.92. The van der Waals surface area contributed by atoms with E-state index in [1.54, 1.807) is 0 Å². The summed E-state index contributed by atoms with van der Waals surface area (Å²) in [5.41, 5.74) is 0. The van der Waals surface area contributed by atoms with Crippen LogP contribution in [0, 0.1) is 0 Å². The Morgan fingerprint density at radius 2 is 1.79 bits per heavy atom. The van der Waals surface area contributed by atoms with E-state index in [9.17, 15) is 0 Å². The van der Waals surface area contributed by atoms with E-state index in [0.717, 1.165) is 12.3 Å². The van der Waals surface area contributed by atoms with Gasteiger partial charge in [0.15, 0.2) is 0 Å². The highest BCUT2D eigenvalue weighted by Gasteiger charge is 1.93. The quantitative estimate of drug-likeness (QED) is 0.714. The van der Waals surface area contributed by atoms with Crippen LogP contribution in [0.3, 0.4) is 0 Å². The summed E-state index contributed by atoms with van der Waals surface area (Å²) in [5, 5.41) is 0. The first kappa shape index (κ1) is 13.5. The molecule has 0 fully saturated rings. The van der Waals surface area contributed by atoms with Gasteiger partial charge < -0.3 is 4.90 Å². The summed E-state index contributed by atoms with van der Waals surface area (Å²) >= 11 is 1.87. The molecule has 0 atom stereocenters. The van der Waals surface area contributed by atoms with Gasteiger partial charge in [0.2, 0.25) is 0 Å². The number of pyridine rings is 1. The van der Waals surface area contributed by atoms with Gasteiger partial charge in [-0.05, 0) is 26.2 Å². The fraction of sp³-hybridized carbons (Fsp3) is 0.545. The van der Waals surface area contributed by atoms with Crippen LogP contribution < -0.4 is 0 Å². The molecule has 0 amide bonds. The average molecular weight is 212 g/mol. The molecule has 14 heavy (non-hydrogen) atoms. The van der Waals surface area contributed by atoms with Gasteiger partial charge in [-0.2, -0.15) is 0 Å². The van der Waals surface area contributed by atoms with Crippen LogP contribution in [-0.4, -0.2) is 36.3 Å². The molecule has 1 heterocycles. The van der Waals surface area contributed by atoms with E-state index in [0.29, 0.717) is 0 Å². The second-order valence-electron chi connectivity index (χ2n) is 2.83. The summed E-state index contributed by atoms with van der Waals surface area (Å²) in [7, 11) is 4.18. The Bertz CT molecular complexity index is 212. The van der Waals surface area contributed by atoms with Gasteiger partial charge in [0, 0.05) is 29.6 Å². The maximum atomic E-state index is 3.96. The van der Waals surface area contributed by atoms with Crippen LogP contribution in [0.25, 0.3) is 0 Å². The van der Waals surface area contributed by atoms with Gasteiger partial charge in [0.1, 0.15) is 0 Å².